The van der Waals surface area contributed by atoms with E-state index in [1.54, 1.807) is 35.2 Å². The predicted octanol–water partition coefficient (Wildman–Crippen LogP) is 5.71. The van der Waals surface area contributed by atoms with Crippen LogP contribution in [0.1, 0.15) is 47.8 Å². The summed E-state index contributed by atoms with van der Waals surface area (Å²) in [6.45, 7) is 6.86. The van der Waals surface area contributed by atoms with Gasteiger partial charge in [-0.3, -0.25) is 4.79 Å². The number of para-hydroxylation sites is 1. The summed E-state index contributed by atoms with van der Waals surface area (Å²) in [5, 5.41) is 9.70. The summed E-state index contributed by atoms with van der Waals surface area (Å²) in [4.78, 5) is 27.4. The number of amides is 1. The van der Waals surface area contributed by atoms with Crippen molar-refractivity contribution >= 4 is 23.6 Å². The smallest absolute Gasteiger partial charge is 0.343 e. The van der Waals surface area contributed by atoms with E-state index < -0.39 is 5.97 Å². The van der Waals surface area contributed by atoms with Crippen LogP contribution in [-0.2, 0) is 16.6 Å². The molecule has 0 bridgehead atoms. The lowest BCUT2D eigenvalue weighted by molar-refractivity contribution is -0.114. The number of carbonyl (C=O) groups is 2. The molecule has 1 amide bonds. The number of anilines is 1. The zero-order valence-electron chi connectivity index (χ0n) is 20.9. The van der Waals surface area contributed by atoms with Crippen molar-refractivity contribution in [2.75, 3.05) is 18.6 Å². The number of fused-ring (bicyclic) bond motifs is 1. The fourth-order valence-corrected chi connectivity index (χ4v) is 4.13. The third-order valence-electron chi connectivity index (χ3n) is 6.17. The van der Waals surface area contributed by atoms with Gasteiger partial charge in [-0.05, 0) is 64.9 Å². The van der Waals surface area contributed by atoms with Crippen LogP contribution in [0.4, 0.5) is 5.69 Å². The third-order valence-corrected chi connectivity index (χ3v) is 6.17. The molecule has 0 aliphatic carbocycles. The molecule has 0 aromatic heterocycles. The minimum Gasteiger partial charge on any atom is -0.493 e. The Morgan fingerprint density at radius 1 is 1.00 bits per heavy atom. The number of carbonyl (C=O) groups excluding carboxylic acids is 2. The zero-order valence-corrected chi connectivity index (χ0v) is 20.9. The van der Waals surface area contributed by atoms with Gasteiger partial charge in [0, 0.05) is 12.2 Å². The van der Waals surface area contributed by atoms with Crippen LogP contribution in [0, 0.1) is 11.3 Å². The van der Waals surface area contributed by atoms with Crippen molar-refractivity contribution in [1.29, 1.82) is 5.26 Å². The molecule has 0 spiro atoms. The number of ether oxygens (including phenoxy) is 2. The standard InChI is InChI=1S/C30H28N2O4/c1-30(2,3)24-12-10-22(11-13-24)29(34)36-26-14-9-20(18-27(26)35-4)17-23(19-31)28(33)32-16-15-21-7-5-6-8-25(21)32/h5-14,17-18H,15-16H2,1-4H3/b23-17+. The summed E-state index contributed by atoms with van der Waals surface area (Å²) in [6, 6.07) is 21.9. The highest BCUT2D eigenvalue weighted by Gasteiger charge is 2.26. The number of rotatable bonds is 5. The maximum Gasteiger partial charge on any atom is 0.343 e. The molecule has 6 nitrogen and oxygen atoms in total. The second-order valence-corrected chi connectivity index (χ2v) is 9.63. The molecule has 0 saturated heterocycles. The van der Waals surface area contributed by atoms with E-state index in [0.29, 0.717) is 23.4 Å². The molecule has 4 rings (SSSR count). The van der Waals surface area contributed by atoms with Crippen LogP contribution in [0.2, 0.25) is 0 Å². The first-order valence-corrected chi connectivity index (χ1v) is 11.7. The van der Waals surface area contributed by atoms with Gasteiger partial charge in [0.2, 0.25) is 0 Å². The van der Waals surface area contributed by atoms with E-state index in [0.717, 1.165) is 23.2 Å². The normalized spacial score (nSPS) is 13.1. The van der Waals surface area contributed by atoms with Crippen LogP contribution in [0.5, 0.6) is 11.5 Å². The largest absolute Gasteiger partial charge is 0.493 e. The summed E-state index contributed by atoms with van der Waals surface area (Å²) in [5.41, 5.74) is 4.04. The minimum atomic E-state index is -0.502. The number of nitriles is 1. The number of benzene rings is 3. The molecule has 0 unspecified atom stereocenters. The molecule has 0 atom stereocenters. The summed E-state index contributed by atoms with van der Waals surface area (Å²) >= 11 is 0. The zero-order chi connectivity index (χ0) is 25.9. The lowest BCUT2D eigenvalue weighted by atomic mass is 9.87. The van der Waals surface area contributed by atoms with Crippen LogP contribution < -0.4 is 14.4 Å². The Morgan fingerprint density at radius 3 is 2.39 bits per heavy atom. The van der Waals surface area contributed by atoms with Gasteiger partial charge < -0.3 is 14.4 Å². The molecule has 0 fully saturated rings. The summed E-state index contributed by atoms with van der Waals surface area (Å²) < 4.78 is 11.0. The molecule has 3 aromatic rings. The average Bonchev–Trinajstić information content (AvgIpc) is 3.31. The van der Waals surface area contributed by atoms with Crippen molar-refractivity contribution in [2.24, 2.45) is 0 Å². The van der Waals surface area contributed by atoms with E-state index in [1.807, 2.05) is 42.5 Å². The van der Waals surface area contributed by atoms with Gasteiger partial charge in [-0.25, -0.2) is 4.79 Å². The molecule has 1 aliphatic rings. The van der Waals surface area contributed by atoms with Crippen LogP contribution in [0.15, 0.2) is 72.3 Å². The Bertz CT molecular complexity index is 1380. The number of esters is 1. The van der Waals surface area contributed by atoms with Gasteiger partial charge in [-0.1, -0.05) is 57.2 Å². The van der Waals surface area contributed by atoms with E-state index in [1.165, 1.54) is 13.2 Å². The first-order valence-electron chi connectivity index (χ1n) is 11.7. The second kappa shape index (κ2) is 10.1. The maximum atomic E-state index is 13.1. The number of hydrogen-bond donors (Lipinski definition) is 0. The van der Waals surface area contributed by atoms with Crippen molar-refractivity contribution in [3.05, 3.63) is 94.6 Å². The lowest BCUT2D eigenvalue weighted by Crippen LogP contribution is -2.29. The van der Waals surface area contributed by atoms with Crippen molar-refractivity contribution in [3.63, 3.8) is 0 Å². The van der Waals surface area contributed by atoms with Crippen molar-refractivity contribution in [2.45, 2.75) is 32.6 Å². The van der Waals surface area contributed by atoms with Crippen LogP contribution in [0.25, 0.3) is 6.08 Å². The van der Waals surface area contributed by atoms with E-state index in [-0.39, 0.29) is 22.6 Å². The highest BCUT2D eigenvalue weighted by atomic mass is 16.6. The lowest BCUT2D eigenvalue weighted by Gasteiger charge is -2.19. The van der Waals surface area contributed by atoms with E-state index in [2.05, 4.69) is 20.8 Å². The molecule has 182 valence electrons. The highest BCUT2D eigenvalue weighted by molar-refractivity contribution is 6.12. The maximum absolute atomic E-state index is 13.1. The topological polar surface area (TPSA) is 79.6 Å². The Hall–Kier alpha value is -4.37. The van der Waals surface area contributed by atoms with Gasteiger partial charge in [0.1, 0.15) is 11.6 Å². The quantitative estimate of drug-likeness (QED) is 0.202. The van der Waals surface area contributed by atoms with Gasteiger partial charge in [-0.15, -0.1) is 0 Å². The van der Waals surface area contributed by atoms with E-state index in [4.69, 9.17) is 9.47 Å². The number of nitrogens with zero attached hydrogens (tertiary/aromatic N) is 2. The number of methoxy groups -OCH3 is 1. The van der Waals surface area contributed by atoms with Crippen LogP contribution >= 0.6 is 0 Å². The Morgan fingerprint density at radius 2 is 1.72 bits per heavy atom. The van der Waals surface area contributed by atoms with Crippen LogP contribution in [0.3, 0.4) is 0 Å². The van der Waals surface area contributed by atoms with Crippen LogP contribution in [-0.4, -0.2) is 25.5 Å². The number of hydrogen-bond acceptors (Lipinski definition) is 5. The molecule has 3 aromatic carbocycles. The average molecular weight is 481 g/mol. The molecular weight excluding hydrogens is 452 g/mol. The molecule has 6 heteroatoms. The summed E-state index contributed by atoms with van der Waals surface area (Å²) in [7, 11) is 1.47. The van der Waals surface area contributed by atoms with E-state index in [9.17, 15) is 14.9 Å². The van der Waals surface area contributed by atoms with Gasteiger partial charge in [-0.2, -0.15) is 5.26 Å². The van der Waals surface area contributed by atoms with Gasteiger partial charge in [0.05, 0.1) is 12.7 Å². The first kappa shape index (κ1) is 24.7. The molecular formula is C30H28N2O4. The fourth-order valence-electron chi connectivity index (χ4n) is 4.13. The Labute approximate surface area is 211 Å². The first-order chi connectivity index (χ1) is 17.2. The Balaban J connectivity index is 1.53. The van der Waals surface area contributed by atoms with E-state index >= 15 is 0 Å². The fraction of sp³-hybridized carbons (Fsp3) is 0.233. The van der Waals surface area contributed by atoms with Crippen molar-refractivity contribution < 1.29 is 19.1 Å². The predicted molar refractivity (Wildman–Crippen MR) is 139 cm³/mol. The summed E-state index contributed by atoms with van der Waals surface area (Å²) in [6.07, 6.45) is 2.27. The molecule has 0 radical (unpaired) electrons. The van der Waals surface area contributed by atoms with Gasteiger partial charge in [0.25, 0.3) is 5.91 Å². The van der Waals surface area contributed by atoms with Crippen molar-refractivity contribution in [3.8, 4) is 17.6 Å². The minimum absolute atomic E-state index is 0.0115. The third kappa shape index (κ3) is 5.16. The van der Waals surface area contributed by atoms with Gasteiger partial charge in [0.15, 0.2) is 11.5 Å². The van der Waals surface area contributed by atoms with Gasteiger partial charge >= 0.3 is 5.97 Å². The monoisotopic (exact) mass is 480 g/mol. The molecule has 36 heavy (non-hydrogen) atoms. The van der Waals surface area contributed by atoms with Crippen molar-refractivity contribution in [1.82, 2.24) is 0 Å². The Kier molecular flexibility index (Phi) is 6.93. The molecule has 0 saturated carbocycles. The molecule has 0 N–H and O–H groups in total. The molecule has 1 heterocycles. The second-order valence-electron chi connectivity index (χ2n) is 9.63. The highest BCUT2D eigenvalue weighted by Crippen LogP contribution is 2.32. The SMILES string of the molecule is COc1cc(/C=C(\C#N)C(=O)N2CCc3ccccc32)ccc1OC(=O)c1ccc(C(C)(C)C)cc1. The molecule has 1 aliphatic heterocycles. The summed E-state index contributed by atoms with van der Waals surface area (Å²) in [5.74, 6) is -0.286.